The lowest BCUT2D eigenvalue weighted by Gasteiger charge is -2.19. The second-order valence-electron chi connectivity index (χ2n) is 7.66. The molecule has 0 saturated carbocycles. The molecule has 1 atom stereocenters. The summed E-state index contributed by atoms with van der Waals surface area (Å²) in [5.41, 5.74) is 2.91. The lowest BCUT2D eigenvalue weighted by Crippen LogP contribution is -2.31. The SMILES string of the molecule is CC(=O)Nc1cccc(C(C)NC(=O)COc2ccc(C(C)(C)C)cc2)c1. The fourth-order valence-corrected chi connectivity index (χ4v) is 2.66. The van der Waals surface area contributed by atoms with Crippen LogP contribution in [0.4, 0.5) is 5.69 Å². The third kappa shape index (κ3) is 6.44. The maximum absolute atomic E-state index is 12.2. The highest BCUT2D eigenvalue weighted by Gasteiger charge is 2.14. The van der Waals surface area contributed by atoms with Gasteiger partial charge < -0.3 is 15.4 Å². The van der Waals surface area contributed by atoms with E-state index in [2.05, 4.69) is 31.4 Å². The molecule has 0 bridgehead atoms. The summed E-state index contributed by atoms with van der Waals surface area (Å²) in [4.78, 5) is 23.4. The summed E-state index contributed by atoms with van der Waals surface area (Å²) in [5.74, 6) is 0.334. The van der Waals surface area contributed by atoms with Crippen LogP contribution in [0.15, 0.2) is 48.5 Å². The number of anilines is 1. The number of benzene rings is 2. The third-order valence-electron chi connectivity index (χ3n) is 4.17. The Labute approximate surface area is 161 Å². The summed E-state index contributed by atoms with van der Waals surface area (Å²) in [7, 11) is 0. The van der Waals surface area contributed by atoms with Gasteiger partial charge in [0.1, 0.15) is 5.75 Å². The second kappa shape index (κ2) is 8.71. The van der Waals surface area contributed by atoms with Crippen LogP contribution in [0.5, 0.6) is 5.75 Å². The first-order chi connectivity index (χ1) is 12.6. The molecule has 0 spiro atoms. The summed E-state index contributed by atoms with van der Waals surface area (Å²) < 4.78 is 5.58. The number of hydrogen-bond acceptors (Lipinski definition) is 3. The fourth-order valence-electron chi connectivity index (χ4n) is 2.66. The van der Waals surface area contributed by atoms with Crippen LogP contribution in [0.3, 0.4) is 0 Å². The van der Waals surface area contributed by atoms with Gasteiger partial charge in [0.05, 0.1) is 6.04 Å². The molecule has 2 aromatic carbocycles. The number of carbonyl (C=O) groups excluding carboxylic acids is 2. The van der Waals surface area contributed by atoms with Gasteiger partial charge >= 0.3 is 0 Å². The van der Waals surface area contributed by atoms with Gasteiger partial charge in [0.15, 0.2) is 6.61 Å². The molecule has 0 aromatic heterocycles. The van der Waals surface area contributed by atoms with E-state index in [1.807, 2.05) is 55.5 Å². The number of amides is 2. The number of carbonyl (C=O) groups is 2. The van der Waals surface area contributed by atoms with Crippen LogP contribution in [0.25, 0.3) is 0 Å². The highest BCUT2D eigenvalue weighted by atomic mass is 16.5. The molecule has 0 aliphatic rings. The third-order valence-corrected chi connectivity index (χ3v) is 4.17. The van der Waals surface area contributed by atoms with E-state index in [1.165, 1.54) is 12.5 Å². The zero-order valence-corrected chi connectivity index (χ0v) is 16.6. The first-order valence-corrected chi connectivity index (χ1v) is 9.05. The van der Waals surface area contributed by atoms with Crippen molar-refractivity contribution < 1.29 is 14.3 Å². The summed E-state index contributed by atoms with van der Waals surface area (Å²) in [6.07, 6.45) is 0. The maximum Gasteiger partial charge on any atom is 0.258 e. The monoisotopic (exact) mass is 368 g/mol. The molecule has 2 N–H and O–H groups in total. The molecule has 144 valence electrons. The van der Waals surface area contributed by atoms with E-state index in [-0.39, 0.29) is 29.9 Å². The molecule has 0 fully saturated rings. The molecular weight excluding hydrogens is 340 g/mol. The maximum atomic E-state index is 12.2. The van der Waals surface area contributed by atoms with Gasteiger partial charge in [-0.25, -0.2) is 0 Å². The molecule has 0 saturated heterocycles. The van der Waals surface area contributed by atoms with Crippen LogP contribution < -0.4 is 15.4 Å². The molecule has 2 rings (SSSR count). The Morgan fingerprint density at radius 2 is 1.74 bits per heavy atom. The lowest BCUT2D eigenvalue weighted by atomic mass is 9.87. The minimum absolute atomic E-state index is 0.0510. The van der Waals surface area contributed by atoms with Crippen molar-refractivity contribution in [3.8, 4) is 5.75 Å². The van der Waals surface area contributed by atoms with Crippen molar-refractivity contribution in [2.24, 2.45) is 0 Å². The Bertz CT molecular complexity index is 792. The van der Waals surface area contributed by atoms with Crippen LogP contribution in [0.2, 0.25) is 0 Å². The van der Waals surface area contributed by atoms with Crippen molar-refractivity contribution in [1.29, 1.82) is 0 Å². The molecule has 0 heterocycles. The minimum atomic E-state index is -0.202. The van der Waals surface area contributed by atoms with Gasteiger partial charge in [-0.1, -0.05) is 45.0 Å². The zero-order chi connectivity index (χ0) is 20.0. The Hall–Kier alpha value is -2.82. The van der Waals surface area contributed by atoms with Crippen molar-refractivity contribution in [3.63, 3.8) is 0 Å². The molecule has 0 aliphatic heterocycles. The first kappa shape index (κ1) is 20.5. The predicted octanol–water partition coefficient (Wildman–Crippen LogP) is 4.20. The van der Waals surface area contributed by atoms with Gasteiger partial charge in [-0.15, -0.1) is 0 Å². The smallest absolute Gasteiger partial charge is 0.258 e. The van der Waals surface area contributed by atoms with Crippen LogP contribution in [-0.2, 0) is 15.0 Å². The zero-order valence-electron chi connectivity index (χ0n) is 16.6. The van der Waals surface area contributed by atoms with Crippen molar-refractivity contribution in [3.05, 3.63) is 59.7 Å². The van der Waals surface area contributed by atoms with E-state index < -0.39 is 0 Å². The molecule has 0 aliphatic carbocycles. The normalized spacial score (nSPS) is 12.2. The minimum Gasteiger partial charge on any atom is -0.484 e. The Morgan fingerprint density at radius 3 is 2.33 bits per heavy atom. The van der Waals surface area contributed by atoms with Gasteiger partial charge in [-0.3, -0.25) is 9.59 Å². The van der Waals surface area contributed by atoms with Gasteiger partial charge in [0.2, 0.25) is 5.91 Å². The molecule has 27 heavy (non-hydrogen) atoms. The van der Waals surface area contributed by atoms with Crippen molar-refractivity contribution in [2.45, 2.75) is 46.1 Å². The van der Waals surface area contributed by atoms with E-state index in [1.54, 1.807) is 0 Å². The van der Waals surface area contributed by atoms with E-state index in [4.69, 9.17) is 4.74 Å². The van der Waals surface area contributed by atoms with Crippen LogP contribution in [0, 0.1) is 0 Å². The number of rotatable bonds is 6. The average Bonchev–Trinajstić information content (AvgIpc) is 2.59. The summed E-state index contributed by atoms with van der Waals surface area (Å²) in [5, 5.41) is 5.64. The largest absolute Gasteiger partial charge is 0.484 e. The Balaban J connectivity index is 1.89. The lowest BCUT2D eigenvalue weighted by molar-refractivity contribution is -0.123. The summed E-state index contributed by atoms with van der Waals surface area (Å²) >= 11 is 0. The second-order valence-corrected chi connectivity index (χ2v) is 7.66. The topological polar surface area (TPSA) is 67.4 Å². The molecule has 1 unspecified atom stereocenters. The molecule has 5 nitrogen and oxygen atoms in total. The van der Waals surface area contributed by atoms with E-state index in [0.717, 1.165) is 5.56 Å². The van der Waals surface area contributed by atoms with E-state index in [0.29, 0.717) is 11.4 Å². The average molecular weight is 368 g/mol. The fraction of sp³-hybridized carbons (Fsp3) is 0.364. The Morgan fingerprint density at radius 1 is 1.07 bits per heavy atom. The van der Waals surface area contributed by atoms with E-state index in [9.17, 15) is 9.59 Å². The first-order valence-electron chi connectivity index (χ1n) is 9.05. The molecule has 5 heteroatoms. The molecule has 0 radical (unpaired) electrons. The van der Waals surface area contributed by atoms with Gasteiger partial charge in [0.25, 0.3) is 5.91 Å². The predicted molar refractivity (Wildman–Crippen MR) is 108 cm³/mol. The molecule has 2 amide bonds. The van der Waals surface area contributed by atoms with Crippen LogP contribution in [0.1, 0.15) is 51.8 Å². The van der Waals surface area contributed by atoms with E-state index >= 15 is 0 Å². The van der Waals surface area contributed by atoms with Crippen LogP contribution >= 0.6 is 0 Å². The quantitative estimate of drug-likeness (QED) is 0.803. The molecule has 2 aromatic rings. The van der Waals surface area contributed by atoms with Crippen molar-refractivity contribution in [1.82, 2.24) is 5.32 Å². The highest BCUT2D eigenvalue weighted by molar-refractivity contribution is 5.88. The summed E-state index contributed by atoms with van der Waals surface area (Å²) in [6, 6.07) is 15.0. The Kier molecular flexibility index (Phi) is 6.61. The van der Waals surface area contributed by atoms with Gasteiger partial charge in [-0.2, -0.15) is 0 Å². The van der Waals surface area contributed by atoms with Crippen molar-refractivity contribution in [2.75, 3.05) is 11.9 Å². The number of ether oxygens (including phenoxy) is 1. The van der Waals surface area contributed by atoms with Crippen molar-refractivity contribution >= 4 is 17.5 Å². The number of nitrogens with one attached hydrogen (secondary N) is 2. The van der Waals surface area contributed by atoms with Crippen LogP contribution in [-0.4, -0.2) is 18.4 Å². The standard InChI is InChI=1S/C22H28N2O3/c1-15(17-7-6-8-19(13-17)24-16(2)25)23-21(26)14-27-20-11-9-18(10-12-20)22(3,4)5/h6-13,15H,14H2,1-5H3,(H,23,26)(H,24,25). The van der Waals surface area contributed by atoms with Gasteiger partial charge in [0, 0.05) is 12.6 Å². The molecular formula is C22H28N2O3. The van der Waals surface area contributed by atoms with Gasteiger partial charge in [-0.05, 0) is 47.7 Å². The number of hydrogen-bond donors (Lipinski definition) is 2. The summed E-state index contributed by atoms with van der Waals surface area (Å²) in [6.45, 7) is 9.76. The highest BCUT2D eigenvalue weighted by Crippen LogP contribution is 2.24.